The van der Waals surface area contributed by atoms with Gasteiger partial charge in [0.25, 0.3) is 0 Å². The van der Waals surface area contributed by atoms with Gasteiger partial charge >= 0.3 is 0 Å². The van der Waals surface area contributed by atoms with E-state index in [9.17, 15) is 4.79 Å². The molecule has 1 heterocycles. The van der Waals surface area contributed by atoms with Crippen LogP contribution in [-0.2, 0) is 6.42 Å². The molecule has 0 spiro atoms. The van der Waals surface area contributed by atoms with Crippen molar-refractivity contribution in [2.24, 2.45) is 0 Å². The highest BCUT2D eigenvalue weighted by atomic mass is 79.9. The molecule has 1 aromatic carbocycles. The monoisotopic (exact) mass is 340 g/mol. The third-order valence-electron chi connectivity index (χ3n) is 2.73. The highest BCUT2D eigenvalue weighted by molar-refractivity contribution is 9.10. The van der Waals surface area contributed by atoms with Crippen molar-refractivity contribution in [3.05, 3.63) is 44.6 Å². The molecule has 0 radical (unpaired) electrons. The molecule has 0 atom stereocenters. The van der Waals surface area contributed by atoms with Crippen molar-refractivity contribution in [1.29, 1.82) is 0 Å². The normalized spacial score (nSPS) is 10.3. The van der Waals surface area contributed by atoms with E-state index in [-0.39, 0.29) is 5.78 Å². The number of rotatable bonds is 5. The molecule has 0 aliphatic heterocycles. The number of thiophene rings is 1. The predicted octanol–water partition coefficient (Wildman–Crippen LogP) is 3.95. The number of halogens is 1. The first kappa shape index (κ1) is 14.1. The van der Waals surface area contributed by atoms with E-state index in [4.69, 9.17) is 9.47 Å². The van der Waals surface area contributed by atoms with E-state index in [2.05, 4.69) is 15.9 Å². The van der Waals surface area contributed by atoms with E-state index in [1.54, 1.807) is 37.7 Å². The zero-order valence-corrected chi connectivity index (χ0v) is 13.0. The summed E-state index contributed by atoms with van der Waals surface area (Å²) in [4.78, 5) is 12.3. The summed E-state index contributed by atoms with van der Waals surface area (Å²) in [6.45, 7) is 0. The number of hydrogen-bond donors (Lipinski definition) is 0. The molecule has 0 saturated heterocycles. The van der Waals surface area contributed by atoms with Crippen LogP contribution in [0.5, 0.6) is 11.5 Å². The van der Waals surface area contributed by atoms with Gasteiger partial charge in [-0.05, 0) is 50.5 Å². The van der Waals surface area contributed by atoms with Crippen molar-refractivity contribution in [3.63, 3.8) is 0 Å². The van der Waals surface area contributed by atoms with E-state index in [0.29, 0.717) is 28.0 Å². The van der Waals surface area contributed by atoms with Crippen molar-refractivity contribution in [1.82, 2.24) is 0 Å². The van der Waals surface area contributed by atoms with Gasteiger partial charge in [-0.3, -0.25) is 4.79 Å². The van der Waals surface area contributed by atoms with E-state index in [1.807, 2.05) is 16.8 Å². The number of carbonyl (C=O) groups is 1. The second-order valence-corrected chi connectivity index (χ2v) is 5.47. The zero-order valence-electron chi connectivity index (χ0n) is 10.6. The number of hydrogen-bond acceptors (Lipinski definition) is 4. The Morgan fingerprint density at radius 3 is 2.63 bits per heavy atom. The highest BCUT2D eigenvalue weighted by Gasteiger charge is 2.18. The van der Waals surface area contributed by atoms with Gasteiger partial charge in [0.2, 0.25) is 0 Å². The first-order valence-electron chi connectivity index (χ1n) is 5.62. The van der Waals surface area contributed by atoms with Gasteiger partial charge in [0.1, 0.15) is 16.0 Å². The minimum Gasteiger partial charge on any atom is -0.495 e. The standard InChI is InChI=1S/C14H13BrO3S/c1-17-12-4-3-10(14(18-2)13(12)15)11(16)7-9-5-6-19-8-9/h3-6,8H,7H2,1-2H3. The minimum absolute atomic E-state index is 0.0265. The summed E-state index contributed by atoms with van der Waals surface area (Å²) in [7, 11) is 3.12. The third-order valence-corrected chi connectivity index (χ3v) is 4.21. The molecule has 3 nitrogen and oxygen atoms in total. The summed E-state index contributed by atoms with van der Waals surface area (Å²) < 4.78 is 11.2. The zero-order chi connectivity index (χ0) is 13.8. The van der Waals surface area contributed by atoms with Crippen LogP contribution in [0.1, 0.15) is 15.9 Å². The molecule has 5 heteroatoms. The van der Waals surface area contributed by atoms with Gasteiger partial charge in [-0.2, -0.15) is 11.3 Å². The van der Waals surface area contributed by atoms with Crippen LogP contribution in [0.15, 0.2) is 33.4 Å². The first-order valence-corrected chi connectivity index (χ1v) is 7.35. The summed E-state index contributed by atoms with van der Waals surface area (Å²) in [6, 6.07) is 5.44. The quantitative estimate of drug-likeness (QED) is 0.773. The van der Waals surface area contributed by atoms with Gasteiger partial charge < -0.3 is 9.47 Å². The lowest BCUT2D eigenvalue weighted by Gasteiger charge is -2.12. The van der Waals surface area contributed by atoms with Crippen molar-refractivity contribution >= 4 is 33.0 Å². The van der Waals surface area contributed by atoms with Gasteiger partial charge in [-0.1, -0.05) is 0 Å². The molecule has 2 aromatic rings. The maximum Gasteiger partial charge on any atom is 0.171 e. The van der Waals surface area contributed by atoms with Gasteiger partial charge in [0.15, 0.2) is 5.78 Å². The first-order chi connectivity index (χ1) is 9.17. The Labute approximate surface area is 124 Å². The smallest absolute Gasteiger partial charge is 0.171 e. The predicted molar refractivity (Wildman–Crippen MR) is 79.6 cm³/mol. The van der Waals surface area contributed by atoms with E-state index in [1.165, 1.54) is 0 Å². The SMILES string of the molecule is COc1ccc(C(=O)Cc2ccsc2)c(OC)c1Br. The fourth-order valence-corrected chi connectivity index (χ4v) is 3.13. The number of ketones is 1. The van der Waals surface area contributed by atoms with Crippen LogP contribution in [0, 0.1) is 0 Å². The molecule has 0 N–H and O–H groups in total. The third kappa shape index (κ3) is 2.98. The molecule has 0 aliphatic carbocycles. The lowest BCUT2D eigenvalue weighted by molar-refractivity contribution is 0.0990. The molecule has 0 saturated carbocycles. The largest absolute Gasteiger partial charge is 0.495 e. The minimum atomic E-state index is 0.0265. The van der Waals surface area contributed by atoms with Crippen LogP contribution in [0.2, 0.25) is 0 Å². The fourth-order valence-electron chi connectivity index (χ4n) is 1.79. The molecular weight excluding hydrogens is 328 g/mol. The maximum absolute atomic E-state index is 12.3. The average molecular weight is 341 g/mol. The molecule has 2 rings (SSSR count). The number of Topliss-reactive ketones (excluding diaryl/α,β-unsaturated/α-hetero) is 1. The van der Waals surface area contributed by atoms with Gasteiger partial charge in [-0.15, -0.1) is 0 Å². The molecule has 0 amide bonds. The number of ether oxygens (including phenoxy) is 2. The van der Waals surface area contributed by atoms with E-state index >= 15 is 0 Å². The van der Waals surface area contributed by atoms with Crippen molar-refractivity contribution < 1.29 is 14.3 Å². The summed E-state index contributed by atoms with van der Waals surface area (Å²) in [5.41, 5.74) is 1.57. The number of benzene rings is 1. The lowest BCUT2D eigenvalue weighted by Crippen LogP contribution is -2.06. The Morgan fingerprint density at radius 1 is 1.26 bits per heavy atom. The molecule has 0 fully saturated rings. The van der Waals surface area contributed by atoms with Crippen LogP contribution < -0.4 is 9.47 Å². The van der Waals surface area contributed by atoms with Crippen molar-refractivity contribution in [2.45, 2.75) is 6.42 Å². The van der Waals surface area contributed by atoms with Gasteiger partial charge in [0, 0.05) is 6.42 Å². The van der Waals surface area contributed by atoms with Crippen molar-refractivity contribution in [3.8, 4) is 11.5 Å². The second kappa shape index (κ2) is 6.21. The molecular formula is C14H13BrO3S. The topological polar surface area (TPSA) is 35.5 Å². The molecule has 100 valence electrons. The van der Waals surface area contributed by atoms with Gasteiger partial charge in [0.05, 0.1) is 19.8 Å². The van der Waals surface area contributed by atoms with Crippen LogP contribution in [-0.4, -0.2) is 20.0 Å². The van der Waals surface area contributed by atoms with Crippen LogP contribution in [0.3, 0.4) is 0 Å². The van der Waals surface area contributed by atoms with E-state index < -0.39 is 0 Å². The number of methoxy groups -OCH3 is 2. The molecule has 0 bridgehead atoms. The van der Waals surface area contributed by atoms with Gasteiger partial charge in [-0.25, -0.2) is 0 Å². The Morgan fingerprint density at radius 2 is 2.05 bits per heavy atom. The Kier molecular flexibility index (Phi) is 4.61. The van der Waals surface area contributed by atoms with Crippen LogP contribution >= 0.6 is 27.3 Å². The summed E-state index contributed by atoms with van der Waals surface area (Å²) in [6.07, 6.45) is 0.374. The molecule has 19 heavy (non-hydrogen) atoms. The lowest BCUT2D eigenvalue weighted by atomic mass is 10.0. The van der Waals surface area contributed by atoms with Crippen molar-refractivity contribution in [2.75, 3.05) is 14.2 Å². The Balaban J connectivity index is 2.34. The maximum atomic E-state index is 12.3. The van der Waals surface area contributed by atoms with Crippen LogP contribution in [0.25, 0.3) is 0 Å². The Hall–Kier alpha value is -1.33. The molecule has 1 aromatic heterocycles. The second-order valence-electron chi connectivity index (χ2n) is 3.89. The summed E-state index contributed by atoms with van der Waals surface area (Å²) >= 11 is 4.98. The average Bonchev–Trinajstić information content (AvgIpc) is 2.91. The summed E-state index contributed by atoms with van der Waals surface area (Å²) in [5, 5.41) is 3.94. The molecule has 0 aliphatic rings. The summed E-state index contributed by atoms with van der Waals surface area (Å²) in [5.74, 6) is 1.18. The van der Waals surface area contributed by atoms with E-state index in [0.717, 1.165) is 5.56 Å². The Bertz CT molecular complexity index is 579. The van der Waals surface area contributed by atoms with Crippen LogP contribution in [0.4, 0.5) is 0 Å². The number of carbonyl (C=O) groups excluding carboxylic acids is 1. The highest BCUT2D eigenvalue weighted by Crippen LogP contribution is 2.37. The fraction of sp³-hybridized carbons (Fsp3) is 0.214. The molecule has 0 unspecified atom stereocenters.